The van der Waals surface area contributed by atoms with E-state index in [2.05, 4.69) is 38.2 Å². The topological polar surface area (TPSA) is 111 Å². The Kier molecular flexibility index (Phi) is 62.0. The minimum atomic E-state index is -1.62. The standard InChI is InChI=1S/C72H137NO8/c1-6-8-10-12-14-16-18-20-22-24-25-26-27-28-29-30-31-32-33-34-35-36-37-38-39-40-41-42-43-44-45-47-48-50-52-54-56-58-60-62-69(74)79-66-68(67-80-72(71(76)77)78-65-64-73(3,4)5)81-70(75)63-61-59-57-55-53-51-49-46-23-21-19-17-15-13-11-9-7-2/h15,17,21,23,68,72H,6-14,16,18-20,22,24-67H2,1-5H3/b17-15-,23-21-. The number of quaternary nitrogens is 1. The molecule has 2 unspecified atom stereocenters. The highest BCUT2D eigenvalue weighted by atomic mass is 16.7. The molecule has 0 saturated heterocycles. The monoisotopic (exact) mass is 1140 g/mol. The Morgan fingerprint density at radius 1 is 0.370 bits per heavy atom. The number of unbranched alkanes of at least 4 members (excludes halogenated alkanes) is 48. The molecule has 0 saturated carbocycles. The zero-order chi connectivity index (χ0) is 59.1. The van der Waals surface area contributed by atoms with Gasteiger partial charge in [-0.3, -0.25) is 9.59 Å². The van der Waals surface area contributed by atoms with E-state index in [4.69, 9.17) is 18.9 Å². The van der Waals surface area contributed by atoms with Gasteiger partial charge in [0.2, 0.25) is 0 Å². The van der Waals surface area contributed by atoms with Crippen LogP contribution in [0.5, 0.6) is 0 Å². The summed E-state index contributed by atoms with van der Waals surface area (Å²) in [6.07, 6.45) is 75.8. The van der Waals surface area contributed by atoms with E-state index in [1.54, 1.807) is 0 Å². The Morgan fingerprint density at radius 2 is 0.667 bits per heavy atom. The van der Waals surface area contributed by atoms with Crippen molar-refractivity contribution in [1.29, 1.82) is 0 Å². The number of hydrogen-bond acceptors (Lipinski definition) is 8. The Balaban J connectivity index is 3.90. The number of likely N-dealkylation sites (N-methyl/N-ethyl adjacent to an activating group) is 1. The van der Waals surface area contributed by atoms with E-state index in [0.717, 1.165) is 51.4 Å². The third kappa shape index (κ3) is 65.2. The lowest BCUT2D eigenvalue weighted by Crippen LogP contribution is -2.44. The van der Waals surface area contributed by atoms with Gasteiger partial charge in [0.1, 0.15) is 13.2 Å². The van der Waals surface area contributed by atoms with E-state index >= 15 is 0 Å². The molecule has 0 radical (unpaired) electrons. The molecule has 0 spiro atoms. The molecule has 0 bridgehead atoms. The fraction of sp³-hybridized carbons (Fsp3) is 0.903. The smallest absolute Gasteiger partial charge is 0.306 e. The van der Waals surface area contributed by atoms with E-state index < -0.39 is 24.3 Å². The molecule has 0 aromatic carbocycles. The molecule has 0 rings (SSSR count). The van der Waals surface area contributed by atoms with E-state index in [-0.39, 0.29) is 32.2 Å². The highest BCUT2D eigenvalue weighted by Crippen LogP contribution is 2.19. The average Bonchev–Trinajstić information content (AvgIpc) is 3.44. The Morgan fingerprint density at radius 3 is 1.00 bits per heavy atom. The minimum Gasteiger partial charge on any atom is -0.545 e. The van der Waals surface area contributed by atoms with Crippen LogP contribution in [0, 0.1) is 0 Å². The van der Waals surface area contributed by atoms with Crippen LogP contribution < -0.4 is 5.11 Å². The molecule has 0 amide bonds. The van der Waals surface area contributed by atoms with Crippen molar-refractivity contribution < 1.29 is 42.9 Å². The van der Waals surface area contributed by atoms with Crippen LogP contribution in [0.4, 0.5) is 0 Å². The predicted octanol–water partition coefficient (Wildman–Crippen LogP) is 20.5. The van der Waals surface area contributed by atoms with Gasteiger partial charge in [0, 0.05) is 12.8 Å². The van der Waals surface area contributed by atoms with Gasteiger partial charge in [-0.2, -0.15) is 0 Å². The largest absolute Gasteiger partial charge is 0.545 e. The number of nitrogens with zero attached hydrogens (tertiary/aromatic N) is 1. The summed E-state index contributed by atoms with van der Waals surface area (Å²) >= 11 is 0. The number of ether oxygens (including phenoxy) is 4. The second-order valence-corrected chi connectivity index (χ2v) is 25.5. The van der Waals surface area contributed by atoms with Gasteiger partial charge in [0.05, 0.1) is 40.3 Å². The van der Waals surface area contributed by atoms with Gasteiger partial charge in [-0.25, -0.2) is 0 Å². The molecule has 0 aliphatic rings. The molecule has 0 aromatic rings. The van der Waals surface area contributed by atoms with Gasteiger partial charge in [-0.05, 0) is 44.9 Å². The van der Waals surface area contributed by atoms with Crippen LogP contribution in [0.15, 0.2) is 24.3 Å². The molecule has 478 valence electrons. The van der Waals surface area contributed by atoms with Crippen LogP contribution in [-0.4, -0.2) is 82.3 Å². The molecule has 0 N–H and O–H groups in total. The number of carboxylic acid groups (broad SMARTS) is 1. The van der Waals surface area contributed by atoms with Crippen molar-refractivity contribution in [1.82, 2.24) is 0 Å². The van der Waals surface area contributed by atoms with Crippen molar-refractivity contribution in [3.8, 4) is 0 Å². The average molecular weight is 1140 g/mol. The number of allylic oxidation sites excluding steroid dienone is 4. The first kappa shape index (κ1) is 78.8. The normalized spacial score (nSPS) is 12.8. The maximum absolute atomic E-state index is 12.9. The van der Waals surface area contributed by atoms with Crippen LogP contribution in [0.25, 0.3) is 0 Å². The maximum atomic E-state index is 12.9. The second-order valence-electron chi connectivity index (χ2n) is 25.5. The SMILES string of the molecule is CCCCC/C=C\C/C=C\CCCCCCCCCC(=O)OC(COC(=O)CCCCCCCCCCCCCCCCCCCCCCCCCCCCCCCCCCCCCCCCC)COC(OCC[N+](C)(C)C)C(=O)[O-]. The van der Waals surface area contributed by atoms with Gasteiger partial charge in [-0.15, -0.1) is 0 Å². The number of carbonyl (C=O) groups excluding carboxylic acids is 3. The van der Waals surface area contributed by atoms with Gasteiger partial charge in [0.15, 0.2) is 12.4 Å². The summed E-state index contributed by atoms with van der Waals surface area (Å²) in [7, 11) is 5.93. The molecular weight excluding hydrogens is 1010 g/mol. The van der Waals surface area contributed by atoms with Crippen molar-refractivity contribution >= 4 is 17.9 Å². The molecule has 0 fully saturated rings. The van der Waals surface area contributed by atoms with Gasteiger partial charge < -0.3 is 33.3 Å². The lowest BCUT2D eigenvalue weighted by Gasteiger charge is -2.26. The first-order chi connectivity index (χ1) is 39.6. The molecular formula is C72H137NO8. The van der Waals surface area contributed by atoms with Crippen molar-refractivity contribution in [3.05, 3.63) is 24.3 Å². The number of hydrogen-bond donors (Lipinski definition) is 0. The van der Waals surface area contributed by atoms with E-state index in [1.807, 2.05) is 21.1 Å². The van der Waals surface area contributed by atoms with Gasteiger partial charge in [-0.1, -0.05) is 327 Å². The highest BCUT2D eigenvalue weighted by molar-refractivity contribution is 5.70. The number of carboxylic acids is 1. The maximum Gasteiger partial charge on any atom is 0.306 e. The van der Waals surface area contributed by atoms with Gasteiger partial charge >= 0.3 is 11.9 Å². The zero-order valence-electron chi connectivity index (χ0n) is 54.7. The summed E-state index contributed by atoms with van der Waals surface area (Å²) < 4.78 is 22.8. The minimum absolute atomic E-state index is 0.148. The van der Waals surface area contributed by atoms with Crippen LogP contribution in [0.2, 0.25) is 0 Å². The van der Waals surface area contributed by atoms with Crippen LogP contribution in [0.1, 0.15) is 361 Å². The fourth-order valence-electron chi connectivity index (χ4n) is 10.7. The number of aliphatic carboxylic acids is 1. The van der Waals surface area contributed by atoms with Gasteiger partial charge in [0.25, 0.3) is 0 Å². The van der Waals surface area contributed by atoms with E-state index in [0.29, 0.717) is 23.9 Å². The van der Waals surface area contributed by atoms with Crippen LogP contribution >= 0.6 is 0 Å². The third-order valence-corrected chi connectivity index (χ3v) is 16.2. The molecule has 0 aliphatic heterocycles. The zero-order valence-corrected chi connectivity index (χ0v) is 54.7. The highest BCUT2D eigenvalue weighted by Gasteiger charge is 2.22. The van der Waals surface area contributed by atoms with Crippen molar-refractivity contribution in [2.75, 3.05) is 47.5 Å². The Labute approximate surface area is 503 Å². The summed E-state index contributed by atoms with van der Waals surface area (Å²) in [4.78, 5) is 37.4. The molecule has 0 aliphatic carbocycles. The third-order valence-electron chi connectivity index (χ3n) is 16.2. The summed E-state index contributed by atoms with van der Waals surface area (Å²) in [6, 6.07) is 0. The number of rotatable bonds is 67. The van der Waals surface area contributed by atoms with Crippen molar-refractivity contribution in [3.63, 3.8) is 0 Å². The Bertz CT molecular complexity index is 1380. The van der Waals surface area contributed by atoms with Crippen LogP contribution in [0.3, 0.4) is 0 Å². The summed E-state index contributed by atoms with van der Waals surface area (Å²) in [5, 5.41) is 11.8. The second kappa shape index (κ2) is 63.8. The van der Waals surface area contributed by atoms with E-state index in [9.17, 15) is 19.5 Å². The first-order valence-electron chi connectivity index (χ1n) is 35.5. The van der Waals surface area contributed by atoms with Crippen molar-refractivity contribution in [2.45, 2.75) is 373 Å². The predicted molar refractivity (Wildman–Crippen MR) is 343 cm³/mol. The fourth-order valence-corrected chi connectivity index (χ4v) is 10.7. The number of esters is 2. The molecule has 2 atom stereocenters. The van der Waals surface area contributed by atoms with Crippen molar-refractivity contribution in [2.24, 2.45) is 0 Å². The molecule has 0 aromatic heterocycles. The first-order valence-corrected chi connectivity index (χ1v) is 35.5. The summed E-state index contributed by atoms with van der Waals surface area (Å²) in [5.41, 5.74) is 0. The molecule has 9 heteroatoms. The van der Waals surface area contributed by atoms with Crippen LogP contribution in [-0.2, 0) is 33.3 Å². The molecule has 81 heavy (non-hydrogen) atoms. The molecule has 9 nitrogen and oxygen atoms in total. The quantitative estimate of drug-likeness (QED) is 0.0195. The number of carbonyl (C=O) groups is 3. The lowest BCUT2D eigenvalue weighted by atomic mass is 10.0. The summed E-state index contributed by atoms with van der Waals surface area (Å²) in [5.74, 6) is -2.27. The summed E-state index contributed by atoms with van der Waals surface area (Å²) in [6.45, 7) is 4.77. The van der Waals surface area contributed by atoms with E-state index in [1.165, 1.54) is 276 Å². The Hall–Kier alpha value is -2.23. The molecule has 0 heterocycles. The lowest BCUT2D eigenvalue weighted by molar-refractivity contribution is -0.870.